The summed E-state index contributed by atoms with van der Waals surface area (Å²) >= 11 is 9.37. The first-order chi connectivity index (χ1) is 8.60. The quantitative estimate of drug-likeness (QED) is 0.664. The van der Waals surface area contributed by atoms with Crippen LogP contribution in [0.5, 0.6) is 0 Å². The summed E-state index contributed by atoms with van der Waals surface area (Å²) in [4.78, 5) is 0. The van der Waals surface area contributed by atoms with Crippen LogP contribution in [0.1, 0.15) is 17.2 Å². The molecular formula is C13H11BrClFN2. The Morgan fingerprint density at radius 1 is 1.17 bits per heavy atom. The topological polar surface area (TPSA) is 38.0 Å². The molecule has 0 heterocycles. The van der Waals surface area contributed by atoms with Crippen molar-refractivity contribution in [1.82, 2.24) is 5.43 Å². The van der Waals surface area contributed by atoms with E-state index in [1.54, 1.807) is 18.2 Å². The van der Waals surface area contributed by atoms with E-state index in [4.69, 9.17) is 17.4 Å². The van der Waals surface area contributed by atoms with Gasteiger partial charge in [0.2, 0.25) is 0 Å². The summed E-state index contributed by atoms with van der Waals surface area (Å²) in [5, 5.41) is 0.594. The van der Waals surface area contributed by atoms with Gasteiger partial charge in [0.15, 0.2) is 0 Å². The van der Waals surface area contributed by atoms with Crippen molar-refractivity contribution in [3.05, 3.63) is 68.9 Å². The molecule has 94 valence electrons. The Bertz CT molecular complexity index is 542. The minimum Gasteiger partial charge on any atom is -0.271 e. The molecular weight excluding hydrogens is 319 g/mol. The van der Waals surface area contributed by atoms with Crippen LogP contribution in [-0.2, 0) is 0 Å². The summed E-state index contributed by atoms with van der Waals surface area (Å²) in [7, 11) is 0. The van der Waals surface area contributed by atoms with Gasteiger partial charge in [-0.3, -0.25) is 5.84 Å². The molecule has 2 aromatic carbocycles. The monoisotopic (exact) mass is 328 g/mol. The number of hydrogen-bond donors (Lipinski definition) is 2. The largest absolute Gasteiger partial charge is 0.271 e. The lowest BCUT2D eigenvalue weighted by molar-refractivity contribution is 0.605. The predicted octanol–water partition coefficient (Wildman–Crippen LogP) is 3.79. The molecule has 3 N–H and O–H groups in total. The molecule has 0 aliphatic rings. The third kappa shape index (κ3) is 3.09. The third-order valence-corrected chi connectivity index (χ3v) is 3.24. The van der Waals surface area contributed by atoms with Gasteiger partial charge >= 0.3 is 0 Å². The molecule has 2 aromatic rings. The number of benzene rings is 2. The minimum absolute atomic E-state index is 0.297. The van der Waals surface area contributed by atoms with E-state index in [0.717, 1.165) is 15.6 Å². The molecule has 1 atom stereocenters. The van der Waals surface area contributed by atoms with Crippen molar-refractivity contribution in [2.24, 2.45) is 5.84 Å². The Morgan fingerprint density at radius 2 is 1.94 bits per heavy atom. The normalized spacial score (nSPS) is 12.4. The first-order valence-electron chi connectivity index (χ1n) is 5.28. The van der Waals surface area contributed by atoms with Gasteiger partial charge in [0.05, 0.1) is 6.04 Å². The van der Waals surface area contributed by atoms with Crippen molar-refractivity contribution in [2.75, 3.05) is 0 Å². The summed E-state index contributed by atoms with van der Waals surface area (Å²) in [6.45, 7) is 0. The fraction of sp³-hybridized carbons (Fsp3) is 0.0769. The summed E-state index contributed by atoms with van der Waals surface area (Å²) < 4.78 is 14.1. The van der Waals surface area contributed by atoms with Crippen LogP contribution in [0.3, 0.4) is 0 Å². The van der Waals surface area contributed by atoms with Gasteiger partial charge in [-0.1, -0.05) is 39.7 Å². The van der Waals surface area contributed by atoms with Crippen LogP contribution < -0.4 is 11.3 Å². The van der Waals surface area contributed by atoms with E-state index >= 15 is 0 Å². The van der Waals surface area contributed by atoms with Gasteiger partial charge in [-0.15, -0.1) is 0 Å². The first-order valence-corrected chi connectivity index (χ1v) is 6.45. The van der Waals surface area contributed by atoms with Crippen molar-refractivity contribution in [3.63, 3.8) is 0 Å². The number of nitrogens with one attached hydrogen (secondary N) is 1. The number of hydrazine groups is 1. The zero-order chi connectivity index (χ0) is 13.1. The molecule has 0 spiro atoms. The standard InChI is InChI=1S/C13H11BrClFN2/c14-10-4-9(5-11(15)7-10)13(18-17)8-2-1-3-12(16)6-8/h1-7,13,18H,17H2. The molecule has 0 aliphatic heterocycles. The highest BCUT2D eigenvalue weighted by Crippen LogP contribution is 2.27. The van der Waals surface area contributed by atoms with Gasteiger partial charge in [-0.25, -0.2) is 9.82 Å². The average Bonchev–Trinajstić information content (AvgIpc) is 2.28. The van der Waals surface area contributed by atoms with Crippen molar-refractivity contribution < 1.29 is 4.39 Å². The Balaban J connectivity index is 2.45. The van der Waals surface area contributed by atoms with Gasteiger partial charge in [0.1, 0.15) is 5.82 Å². The van der Waals surface area contributed by atoms with E-state index in [1.165, 1.54) is 12.1 Å². The highest BCUT2D eigenvalue weighted by molar-refractivity contribution is 9.10. The second-order valence-corrected chi connectivity index (χ2v) is 5.21. The van der Waals surface area contributed by atoms with Gasteiger partial charge in [0, 0.05) is 9.50 Å². The van der Waals surface area contributed by atoms with Crippen LogP contribution in [0, 0.1) is 5.82 Å². The Kier molecular flexibility index (Phi) is 4.35. The molecule has 5 heteroatoms. The maximum atomic E-state index is 13.2. The molecule has 0 aromatic heterocycles. The smallest absolute Gasteiger partial charge is 0.123 e. The SMILES string of the molecule is NNC(c1cccc(F)c1)c1cc(Cl)cc(Br)c1. The van der Waals surface area contributed by atoms with E-state index in [9.17, 15) is 4.39 Å². The summed E-state index contributed by atoms with van der Waals surface area (Å²) in [6.07, 6.45) is 0. The van der Waals surface area contributed by atoms with Crippen LogP contribution >= 0.6 is 27.5 Å². The highest BCUT2D eigenvalue weighted by atomic mass is 79.9. The second kappa shape index (κ2) is 5.80. The molecule has 2 nitrogen and oxygen atoms in total. The van der Waals surface area contributed by atoms with Crippen LogP contribution in [0.15, 0.2) is 46.9 Å². The zero-order valence-electron chi connectivity index (χ0n) is 9.33. The van der Waals surface area contributed by atoms with E-state index < -0.39 is 0 Å². The number of halogens is 3. The second-order valence-electron chi connectivity index (χ2n) is 3.86. The molecule has 0 fully saturated rings. The molecule has 18 heavy (non-hydrogen) atoms. The van der Waals surface area contributed by atoms with E-state index in [0.29, 0.717) is 5.02 Å². The molecule has 0 saturated carbocycles. The van der Waals surface area contributed by atoms with Crippen LogP contribution in [-0.4, -0.2) is 0 Å². The maximum Gasteiger partial charge on any atom is 0.123 e. The maximum absolute atomic E-state index is 13.2. The van der Waals surface area contributed by atoms with Crippen LogP contribution in [0.25, 0.3) is 0 Å². The zero-order valence-corrected chi connectivity index (χ0v) is 11.7. The van der Waals surface area contributed by atoms with E-state index in [2.05, 4.69) is 21.4 Å². The first kappa shape index (κ1) is 13.5. The summed E-state index contributed by atoms with van der Waals surface area (Å²) in [6, 6.07) is 11.4. The van der Waals surface area contributed by atoms with Crippen molar-refractivity contribution in [2.45, 2.75) is 6.04 Å². The lowest BCUT2D eigenvalue weighted by atomic mass is 9.99. The highest BCUT2D eigenvalue weighted by Gasteiger charge is 2.14. The van der Waals surface area contributed by atoms with Gasteiger partial charge in [0.25, 0.3) is 0 Å². The van der Waals surface area contributed by atoms with Crippen molar-refractivity contribution in [3.8, 4) is 0 Å². The predicted molar refractivity (Wildman–Crippen MR) is 74.7 cm³/mol. The summed E-state index contributed by atoms with van der Waals surface area (Å²) in [5.74, 6) is 5.26. The van der Waals surface area contributed by atoms with Crippen molar-refractivity contribution >= 4 is 27.5 Å². The van der Waals surface area contributed by atoms with Gasteiger partial charge in [-0.05, 0) is 41.5 Å². The molecule has 0 saturated heterocycles. The van der Waals surface area contributed by atoms with Crippen molar-refractivity contribution in [1.29, 1.82) is 0 Å². The Hall–Kier alpha value is -0.940. The van der Waals surface area contributed by atoms with Crippen LogP contribution in [0.4, 0.5) is 4.39 Å². The fourth-order valence-electron chi connectivity index (χ4n) is 1.81. The molecule has 2 rings (SSSR count). The molecule has 0 radical (unpaired) electrons. The summed E-state index contributed by atoms with van der Waals surface area (Å²) in [5.41, 5.74) is 4.28. The van der Waals surface area contributed by atoms with Gasteiger partial charge in [-0.2, -0.15) is 0 Å². The van der Waals surface area contributed by atoms with Crippen LogP contribution in [0.2, 0.25) is 5.02 Å². The molecule has 0 bridgehead atoms. The van der Waals surface area contributed by atoms with E-state index in [1.807, 2.05) is 12.1 Å². The Morgan fingerprint density at radius 3 is 2.56 bits per heavy atom. The average molecular weight is 330 g/mol. The number of hydrogen-bond acceptors (Lipinski definition) is 2. The van der Waals surface area contributed by atoms with E-state index in [-0.39, 0.29) is 11.9 Å². The number of nitrogens with two attached hydrogens (primary N) is 1. The Labute approximate surface area is 118 Å². The number of rotatable bonds is 3. The fourth-order valence-corrected chi connectivity index (χ4v) is 2.70. The lowest BCUT2D eigenvalue weighted by Gasteiger charge is -2.17. The molecule has 0 aliphatic carbocycles. The van der Waals surface area contributed by atoms with Gasteiger partial charge < -0.3 is 0 Å². The molecule has 0 amide bonds. The molecule has 1 unspecified atom stereocenters. The minimum atomic E-state index is -0.310. The third-order valence-electron chi connectivity index (χ3n) is 2.57. The lowest BCUT2D eigenvalue weighted by Crippen LogP contribution is -2.28.